The normalized spacial score (nSPS) is 12.7. The summed E-state index contributed by atoms with van der Waals surface area (Å²) in [4.78, 5) is 37.2. The van der Waals surface area contributed by atoms with E-state index in [1.54, 1.807) is 0 Å². The summed E-state index contributed by atoms with van der Waals surface area (Å²) in [5.41, 5.74) is -2.38. The van der Waals surface area contributed by atoms with Crippen molar-refractivity contribution in [3.63, 3.8) is 0 Å². The number of carbonyl (C=O) groups is 2. The fraction of sp³-hybridized carbons (Fsp3) is 0.250. The highest BCUT2D eigenvalue weighted by Gasteiger charge is 2.31. The molecule has 1 heterocycles. The van der Waals surface area contributed by atoms with Crippen LogP contribution in [0, 0.1) is 5.92 Å². The van der Waals surface area contributed by atoms with Gasteiger partial charge in [-0.15, -0.1) is 5.10 Å². The first kappa shape index (κ1) is 30.2. The molecule has 4 rings (SSSR count). The molecule has 3 aromatic carbocycles. The van der Waals surface area contributed by atoms with Crippen molar-refractivity contribution in [3.05, 3.63) is 99.3 Å². The number of aromatic nitrogens is 3. The van der Waals surface area contributed by atoms with Gasteiger partial charge in [-0.05, 0) is 66.6 Å². The van der Waals surface area contributed by atoms with E-state index >= 15 is 0 Å². The van der Waals surface area contributed by atoms with Crippen LogP contribution in [0.2, 0.25) is 0 Å². The molecular weight excluding hydrogens is 572 g/mol. The first-order valence-electron chi connectivity index (χ1n) is 12.3. The molecule has 1 aromatic heterocycles. The summed E-state index contributed by atoms with van der Waals surface area (Å²) in [5.74, 6) is -2.77. The molecule has 1 N–H and O–H groups in total. The largest absolute Gasteiger partial charge is 0.489 e. The Balaban J connectivity index is 1.37. The van der Waals surface area contributed by atoms with Crippen LogP contribution in [0.4, 0.5) is 26.3 Å². The van der Waals surface area contributed by atoms with Crippen LogP contribution in [0.1, 0.15) is 39.9 Å². The van der Waals surface area contributed by atoms with Crippen LogP contribution in [0.3, 0.4) is 0 Å². The predicted octanol–water partition coefficient (Wildman–Crippen LogP) is 5.77. The maximum atomic E-state index is 12.9. The second kappa shape index (κ2) is 12.0. The maximum Gasteiger partial charge on any atom is 0.416 e. The van der Waals surface area contributed by atoms with Crippen LogP contribution in [-0.4, -0.2) is 31.9 Å². The molecule has 42 heavy (non-hydrogen) atoms. The minimum Gasteiger partial charge on any atom is -0.489 e. The summed E-state index contributed by atoms with van der Waals surface area (Å²) >= 11 is 0. The first-order valence-corrected chi connectivity index (χ1v) is 12.3. The van der Waals surface area contributed by atoms with Gasteiger partial charge in [-0.2, -0.15) is 26.3 Å². The van der Waals surface area contributed by atoms with Crippen LogP contribution >= 0.6 is 0 Å². The van der Waals surface area contributed by atoms with Gasteiger partial charge in [-0.3, -0.25) is 14.4 Å². The van der Waals surface area contributed by atoms with E-state index in [9.17, 15) is 45.8 Å². The number of nitrogens with zero attached hydrogens (tertiary/aromatic N) is 3. The Morgan fingerprint density at radius 1 is 0.905 bits per heavy atom. The first-order chi connectivity index (χ1) is 19.7. The number of hydrogen-bond donors (Lipinski definition) is 1. The number of Topliss-reactive ketones (excluding diaryl/α,β-unsaturated/α-hetero) is 1. The Kier molecular flexibility index (Phi) is 8.64. The van der Waals surface area contributed by atoms with Gasteiger partial charge in [-0.1, -0.05) is 17.3 Å². The number of halogens is 6. The van der Waals surface area contributed by atoms with Gasteiger partial charge in [0.05, 0.1) is 22.4 Å². The van der Waals surface area contributed by atoms with Crippen LogP contribution in [-0.2, 0) is 30.3 Å². The summed E-state index contributed by atoms with van der Waals surface area (Å²) < 4.78 is 83.7. The van der Waals surface area contributed by atoms with Gasteiger partial charge in [0.25, 0.3) is 5.56 Å². The number of aliphatic carboxylic acids is 1. The van der Waals surface area contributed by atoms with Crippen molar-refractivity contribution in [1.82, 2.24) is 15.0 Å². The van der Waals surface area contributed by atoms with Crippen LogP contribution < -0.4 is 10.3 Å². The molecule has 14 heteroatoms. The SMILES string of the molecule is O=C(CC(CCn1nnc2cc(C(F)(F)F)ccc2c1=O)C(=O)O)c1ccc(OCc2cccc(C(F)(F)F)c2)cc1. The molecule has 0 saturated carbocycles. The Hall–Kier alpha value is -4.75. The zero-order valence-corrected chi connectivity index (χ0v) is 21.4. The number of fused-ring (bicyclic) bond motifs is 1. The maximum absolute atomic E-state index is 12.9. The average molecular weight is 593 g/mol. The van der Waals surface area contributed by atoms with Gasteiger partial charge in [0.15, 0.2) is 5.78 Å². The lowest BCUT2D eigenvalue weighted by Crippen LogP contribution is -2.27. The van der Waals surface area contributed by atoms with Crippen molar-refractivity contribution >= 4 is 22.7 Å². The predicted molar refractivity (Wildman–Crippen MR) is 136 cm³/mol. The number of hydrogen-bond acceptors (Lipinski definition) is 6. The van der Waals surface area contributed by atoms with E-state index < -0.39 is 53.1 Å². The van der Waals surface area contributed by atoms with E-state index in [0.717, 1.165) is 28.9 Å². The summed E-state index contributed by atoms with van der Waals surface area (Å²) in [7, 11) is 0. The summed E-state index contributed by atoms with van der Waals surface area (Å²) in [6.07, 6.45) is -9.75. The molecule has 0 amide bonds. The molecule has 0 fully saturated rings. The Bertz CT molecular complexity index is 1670. The zero-order chi connectivity index (χ0) is 30.7. The minimum absolute atomic E-state index is 0.128. The van der Waals surface area contributed by atoms with Gasteiger partial charge in [0.2, 0.25) is 0 Å². The molecule has 0 aliphatic rings. The summed E-state index contributed by atoms with van der Waals surface area (Å²) in [6, 6.07) is 12.6. The molecule has 0 radical (unpaired) electrons. The fourth-order valence-electron chi connectivity index (χ4n) is 4.07. The van der Waals surface area contributed by atoms with Crippen LogP contribution in [0.5, 0.6) is 5.75 Å². The third-order valence-electron chi connectivity index (χ3n) is 6.36. The average Bonchev–Trinajstić information content (AvgIpc) is 2.94. The van der Waals surface area contributed by atoms with Crippen LogP contribution in [0.15, 0.2) is 71.5 Å². The van der Waals surface area contributed by atoms with Crippen LogP contribution in [0.25, 0.3) is 10.9 Å². The number of alkyl halides is 6. The van der Waals surface area contributed by atoms with Crippen molar-refractivity contribution in [3.8, 4) is 5.75 Å². The fourth-order valence-corrected chi connectivity index (χ4v) is 4.07. The highest BCUT2D eigenvalue weighted by atomic mass is 19.4. The van der Waals surface area contributed by atoms with Gasteiger partial charge in [0, 0.05) is 18.5 Å². The molecule has 0 aliphatic heterocycles. The Morgan fingerprint density at radius 3 is 2.21 bits per heavy atom. The third kappa shape index (κ3) is 7.30. The van der Waals surface area contributed by atoms with E-state index in [2.05, 4.69) is 10.3 Å². The topological polar surface area (TPSA) is 111 Å². The second-order valence-electron chi connectivity index (χ2n) is 9.31. The van der Waals surface area contributed by atoms with Gasteiger partial charge in [-0.25, -0.2) is 4.68 Å². The van der Waals surface area contributed by atoms with Gasteiger partial charge < -0.3 is 9.84 Å². The second-order valence-corrected chi connectivity index (χ2v) is 9.31. The van der Waals surface area contributed by atoms with Crippen molar-refractivity contribution < 1.29 is 45.8 Å². The summed E-state index contributed by atoms with van der Waals surface area (Å²) in [5, 5.41) is 16.7. The number of aryl methyl sites for hydroxylation is 1. The quantitative estimate of drug-likeness (QED) is 0.184. The molecular formula is C28H21F6N3O5. The Morgan fingerprint density at radius 2 is 1.57 bits per heavy atom. The molecule has 8 nitrogen and oxygen atoms in total. The number of carbonyl (C=O) groups excluding carboxylic acids is 1. The number of carboxylic acids is 1. The molecule has 0 aliphatic carbocycles. The lowest BCUT2D eigenvalue weighted by Gasteiger charge is -2.13. The lowest BCUT2D eigenvalue weighted by molar-refractivity contribution is -0.142. The molecule has 220 valence electrons. The minimum atomic E-state index is -4.63. The van der Waals surface area contributed by atoms with Crippen molar-refractivity contribution in [2.45, 2.75) is 38.3 Å². The standard InChI is InChI=1S/C28H21F6N3O5/c29-27(30,31)19-3-1-2-16(12-19)15-42-21-7-4-17(5-8-21)24(38)13-18(26(40)41)10-11-37-25(39)22-9-6-20(28(32,33)34)14-23(22)35-36-37/h1-9,12,14,18H,10-11,13,15H2,(H,40,41). The lowest BCUT2D eigenvalue weighted by atomic mass is 9.95. The molecule has 4 aromatic rings. The van der Waals surface area contributed by atoms with E-state index in [1.807, 2.05) is 0 Å². The van der Waals surface area contributed by atoms with E-state index in [0.29, 0.717) is 6.07 Å². The third-order valence-corrected chi connectivity index (χ3v) is 6.36. The van der Waals surface area contributed by atoms with Crippen molar-refractivity contribution in [2.24, 2.45) is 5.92 Å². The molecule has 1 atom stereocenters. The number of rotatable bonds is 10. The highest BCUT2D eigenvalue weighted by molar-refractivity contribution is 5.98. The number of carboxylic acid groups (broad SMARTS) is 1. The molecule has 0 spiro atoms. The molecule has 0 bridgehead atoms. The smallest absolute Gasteiger partial charge is 0.416 e. The van der Waals surface area contributed by atoms with Crippen molar-refractivity contribution in [1.29, 1.82) is 0 Å². The number of ether oxygens (including phenoxy) is 1. The number of ketones is 1. The number of benzene rings is 3. The van der Waals surface area contributed by atoms with Gasteiger partial charge in [0.1, 0.15) is 17.9 Å². The zero-order valence-electron chi connectivity index (χ0n) is 21.4. The highest BCUT2D eigenvalue weighted by Crippen LogP contribution is 2.31. The summed E-state index contributed by atoms with van der Waals surface area (Å²) in [6.45, 7) is -0.409. The van der Waals surface area contributed by atoms with E-state index in [4.69, 9.17) is 4.74 Å². The molecule has 1 unspecified atom stereocenters. The van der Waals surface area contributed by atoms with Crippen molar-refractivity contribution in [2.75, 3.05) is 0 Å². The monoisotopic (exact) mass is 593 g/mol. The molecule has 0 saturated heterocycles. The van der Waals surface area contributed by atoms with E-state index in [1.165, 1.54) is 36.4 Å². The van der Waals surface area contributed by atoms with E-state index in [-0.39, 0.29) is 47.4 Å². The van der Waals surface area contributed by atoms with Gasteiger partial charge >= 0.3 is 18.3 Å². The Labute approximate surface area is 233 Å².